The van der Waals surface area contributed by atoms with E-state index in [0.29, 0.717) is 30.3 Å². The molecule has 1 aliphatic rings. The van der Waals surface area contributed by atoms with Gasteiger partial charge < -0.3 is 29.7 Å². The van der Waals surface area contributed by atoms with Gasteiger partial charge in [0.25, 0.3) is 0 Å². The number of ether oxygens (including phenoxy) is 2. The SMILES string of the molecule is COc1ccc(N2C[C@@H](NC(=O)N(CCO)Cc3ccccc3)CC2=O)cc1OC. The van der Waals surface area contributed by atoms with E-state index in [2.05, 4.69) is 5.32 Å². The third-order valence-corrected chi connectivity index (χ3v) is 5.00. The first kappa shape index (κ1) is 21.4. The lowest BCUT2D eigenvalue weighted by Gasteiger charge is -2.24. The highest BCUT2D eigenvalue weighted by Crippen LogP contribution is 2.33. The van der Waals surface area contributed by atoms with Crippen LogP contribution in [0.3, 0.4) is 0 Å². The van der Waals surface area contributed by atoms with Gasteiger partial charge in [0.1, 0.15) is 0 Å². The fourth-order valence-electron chi connectivity index (χ4n) is 3.49. The quantitative estimate of drug-likeness (QED) is 0.691. The number of aliphatic hydroxyl groups is 1. The van der Waals surface area contributed by atoms with Crippen molar-refractivity contribution in [1.82, 2.24) is 10.2 Å². The molecule has 3 amide bonds. The first-order valence-electron chi connectivity index (χ1n) is 9.78. The van der Waals surface area contributed by atoms with Crippen molar-refractivity contribution in [3.63, 3.8) is 0 Å². The summed E-state index contributed by atoms with van der Waals surface area (Å²) in [5.74, 6) is 1.04. The number of amides is 3. The van der Waals surface area contributed by atoms with Crippen LogP contribution in [0, 0.1) is 0 Å². The summed E-state index contributed by atoms with van der Waals surface area (Å²) in [6.07, 6.45) is 0.207. The van der Waals surface area contributed by atoms with Gasteiger partial charge in [-0.25, -0.2) is 4.79 Å². The van der Waals surface area contributed by atoms with Gasteiger partial charge in [-0.15, -0.1) is 0 Å². The third kappa shape index (κ3) is 5.01. The molecule has 8 nitrogen and oxygen atoms in total. The second kappa shape index (κ2) is 9.98. The van der Waals surface area contributed by atoms with E-state index < -0.39 is 0 Å². The van der Waals surface area contributed by atoms with Gasteiger partial charge >= 0.3 is 6.03 Å². The minimum Gasteiger partial charge on any atom is -0.493 e. The highest BCUT2D eigenvalue weighted by Gasteiger charge is 2.33. The number of rotatable bonds is 8. The van der Waals surface area contributed by atoms with Gasteiger partial charge in [-0.05, 0) is 17.7 Å². The van der Waals surface area contributed by atoms with Crippen molar-refractivity contribution in [2.45, 2.75) is 19.0 Å². The predicted molar refractivity (Wildman–Crippen MR) is 113 cm³/mol. The first-order chi connectivity index (χ1) is 14.5. The lowest BCUT2D eigenvalue weighted by atomic mass is 10.2. The highest BCUT2D eigenvalue weighted by atomic mass is 16.5. The van der Waals surface area contributed by atoms with Crippen LogP contribution in [0.15, 0.2) is 48.5 Å². The molecule has 0 aromatic heterocycles. The number of aliphatic hydroxyl groups excluding tert-OH is 1. The van der Waals surface area contributed by atoms with Crippen molar-refractivity contribution >= 4 is 17.6 Å². The van der Waals surface area contributed by atoms with Crippen LogP contribution in [-0.4, -0.2) is 61.9 Å². The molecule has 2 N–H and O–H groups in total. The van der Waals surface area contributed by atoms with Crippen LogP contribution in [0.5, 0.6) is 11.5 Å². The summed E-state index contributed by atoms with van der Waals surface area (Å²) in [6, 6.07) is 14.2. The van der Waals surface area contributed by atoms with Crippen molar-refractivity contribution in [2.75, 3.05) is 38.8 Å². The second-order valence-corrected chi connectivity index (χ2v) is 7.02. The number of hydrogen-bond donors (Lipinski definition) is 2. The standard InChI is InChI=1S/C22H27N3O5/c1-29-19-9-8-18(13-20(19)30-2)25-15-17(12-21(25)27)23-22(28)24(10-11-26)14-16-6-4-3-5-7-16/h3-9,13,17,26H,10-12,14-15H2,1-2H3,(H,23,28)/t17-/m0/s1. The van der Waals surface area contributed by atoms with Crippen molar-refractivity contribution in [3.05, 3.63) is 54.1 Å². The van der Waals surface area contributed by atoms with Gasteiger partial charge in [0.15, 0.2) is 11.5 Å². The third-order valence-electron chi connectivity index (χ3n) is 5.00. The highest BCUT2D eigenvalue weighted by molar-refractivity contribution is 5.97. The Morgan fingerprint density at radius 1 is 1.17 bits per heavy atom. The van der Waals surface area contributed by atoms with Gasteiger partial charge in [0, 0.05) is 37.8 Å². The van der Waals surface area contributed by atoms with E-state index in [4.69, 9.17) is 9.47 Å². The van der Waals surface area contributed by atoms with Crippen LogP contribution in [0.1, 0.15) is 12.0 Å². The molecule has 1 fully saturated rings. The molecule has 1 aliphatic heterocycles. The number of nitrogens with zero attached hydrogens (tertiary/aromatic N) is 2. The van der Waals surface area contributed by atoms with Crippen LogP contribution in [-0.2, 0) is 11.3 Å². The van der Waals surface area contributed by atoms with Gasteiger partial charge in [0.05, 0.1) is 26.9 Å². The molecular formula is C22H27N3O5. The van der Waals surface area contributed by atoms with E-state index in [0.717, 1.165) is 5.56 Å². The van der Waals surface area contributed by atoms with Crippen molar-refractivity contribution < 1.29 is 24.2 Å². The molecule has 0 unspecified atom stereocenters. The maximum absolute atomic E-state index is 12.8. The van der Waals surface area contributed by atoms with E-state index in [1.165, 1.54) is 0 Å². The molecule has 2 aromatic rings. The Morgan fingerprint density at radius 2 is 1.90 bits per heavy atom. The van der Waals surface area contributed by atoms with Crippen LogP contribution < -0.4 is 19.7 Å². The molecule has 0 aliphatic carbocycles. The lowest BCUT2D eigenvalue weighted by Crippen LogP contribution is -2.46. The largest absolute Gasteiger partial charge is 0.493 e. The van der Waals surface area contributed by atoms with Gasteiger partial charge in [-0.1, -0.05) is 30.3 Å². The van der Waals surface area contributed by atoms with Crippen LogP contribution in [0.2, 0.25) is 0 Å². The molecule has 0 bridgehead atoms. The average molecular weight is 413 g/mol. The summed E-state index contributed by atoms with van der Waals surface area (Å²) in [4.78, 5) is 28.5. The molecular weight excluding hydrogens is 386 g/mol. The van der Waals surface area contributed by atoms with Crippen molar-refractivity contribution in [2.24, 2.45) is 0 Å². The molecule has 160 valence electrons. The Hall–Kier alpha value is -3.26. The zero-order valence-corrected chi connectivity index (χ0v) is 17.2. The molecule has 0 radical (unpaired) electrons. The molecule has 1 atom stereocenters. The molecule has 0 spiro atoms. The normalized spacial score (nSPS) is 15.8. The number of anilines is 1. The summed E-state index contributed by atoms with van der Waals surface area (Å²) in [7, 11) is 3.09. The van der Waals surface area contributed by atoms with E-state index in [9.17, 15) is 14.7 Å². The van der Waals surface area contributed by atoms with Crippen LogP contribution >= 0.6 is 0 Å². The Bertz CT molecular complexity index is 874. The number of carbonyl (C=O) groups is 2. The Labute approximate surface area is 176 Å². The minimum absolute atomic E-state index is 0.0794. The molecule has 30 heavy (non-hydrogen) atoms. The summed E-state index contributed by atoms with van der Waals surface area (Å²) in [6.45, 7) is 0.814. The predicted octanol–water partition coefficient (Wildman–Crippen LogP) is 2.01. The fourth-order valence-corrected chi connectivity index (χ4v) is 3.49. The number of carbonyl (C=O) groups excluding carboxylic acids is 2. The topological polar surface area (TPSA) is 91.3 Å². The van der Waals surface area contributed by atoms with Crippen molar-refractivity contribution in [3.8, 4) is 11.5 Å². The first-order valence-corrected chi connectivity index (χ1v) is 9.78. The maximum Gasteiger partial charge on any atom is 0.318 e. The molecule has 3 rings (SSSR count). The number of methoxy groups -OCH3 is 2. The minimum atomic E-state index is -0.324. The Kier molecular flexibility index (Phi) is 7.13. The molecule has 8 heteroatoms. The molecule has 0 saturated carbocycles. The molecule has 1 heterocycles. The molecule has 1 saturated heterocycles. The maximum atomic E-state index is 12.8. The zero-order chi connectivity index (χ0) is 21.5. The summed E-state index contributed by atoms with van der Waals surface area (Å²) < 4.78 is 10.6. The zero-order valence-electron chi connectivity index (χ0n) is 17.2. The van der Waals surface area contributed by atoms with E-state index in [1.807, 2.05) is 30.3 Å². The van der Waals surface area contributed by atoms with E-state index in [-0.39, 0.29) is 37.6 Å². The lowest BCUT2D eigenvalue weighted by molar-refractivity contribution is -0.117. The number of hydrogen-bond acceptors (Lipinski definition) is 5. The van der Waals surface area contributed by atoms with Crippen molar-refractivity contribution in [1.29, 1.82) is 0 Å². The average Bonchev–Trinajstić information content (AvgIpc) is 3.13. The number of benzene rings is 2. The molecule has 2 aromatic carbocycles. The summed E-state index contributed by atoms with van der Waals surface area (Å²) >= 11 is 0. The summed E-state index contributed by atoms with van der Waals surface area (Å²) in [5.41, 5.74) is 1.65. The van der Waals surface area contributed by atoms with E-state index in [1.54, 1.807) is 42.2 Å². The van der Waals surface area contributed by atoms with Crippen LogP contribution in [0.4, 0.5) is 10.5 Å². The fraction of sp³-hybridized carbons (Fsp3) is 0.364. The van der Waals surface area contributed by atoms with Crippen LogP contribution in [0.25, 0.3) is 0 Å². The summed E-state index contributed by atoms with van der Waals surface area (Å²) in [5, 5.41) is 12.3. The number of nitrogens with one attached hydrogen (secondary N) is 1. The number of urea groups is 1. The van der Waals surface area contributed by atoms with E-state index >= 15 is 0 Å². The van der Waals surface area contributed by atoms with Gasteiger partial charge in [0.2, 0.25) is 5.91 Å². The smallest absolute Gasteiger partial charge is 0.318 e. The Balaban J connectivity index is 1.66. The monoisotopic (exact) mass is 413 g/mol. The Morgan fingerprint density at radius 3 is 2.57 bits per heavy atom. The van der Waals surface area contributed by atoms with Gasteiger partial charge in [-0.3, -0.25) is 4.79 Å². The second-order valence-electron chi connectivity index (χ2n) is 7.02. The van der Waals surface area contributed by atoms with Gasteiger partial charge in [-0.2, -0.15) is 0 Å².